The Bertz CT molecular complexity index is 3500. The fourth-order valence-corrected chi connectivity index (χ4v) is 9.49. The maximum absolute atomic E-state index is 2.45. The van der Waals surface area contributed by atoms with E-state index in [0.29, 0.717) is 0 Å². The first kappa shape index (κ1) is 33.3. The van der Waals surface area contributed by atoms with Gasteiger partial charge in [-0.2, -0.15) is 0 Å². The van der Waals surface area contributed by atoms with Crippen molar-refractivity contribution in [2.75, 3.05) is 4.90 Å². The Hall–Kier alpha value is -7.88. The standard InChI is InChI=1S/C56H37N3/c1-2-17-40(18-3-1)57-54-27-13-10-24-49(54)50-37-39(29-35-56(50)57)43-34-36-55(46-21-7-6-20-45(43)46)58(51-28-14-16-38-15-4-5-19-44(38)51)41-30-32-42(33-31-41)59-52-25-11-8-22-47(52)48-23-9-12-26-53(48)59/h1-37H. The number of aromatic nitrogens is 2. The number of hydrogen-bond donors (Lipinski definition) is 0. The highest BCUT2D eigenvalue weighted by Crippen LogP contribution is 2.45. The van der Waals surface area contributed by atoms with Gasteiger partial charge in [0, 0.05) is 49.4 Å². The summed E-state index contributed by atoms with van der Waals surface area (Å²) in [4.78, 5) is 2.45. The first-order valence-corrected chi connectivity index (χ1v) is 20.3. The maximum atomic E-state index is 2.45. The van der Waals surface area contributed by atoms with Gasteiger partial charge >= 0.3 is 0 Å². The average Bonchev–Trinajstić information content (AvgIpc) is 3.82. The molecule has 0 atom stereocenters. The lowest BCUT2D eigenvalue weighted by Gasteiger charge is -2.29. The Labute approximate surface area is 341 Å². The molecule has 12 aromatic rings. The minimum atomic E-state index is 1.10. The second kappa shape index (κ2) is 13.4. The van der Waals surface area contributed by atoms with Crippen molar-refractivity contribution < 1.29 is 0 Å². The molecule has 0 spiro atoms. The molecule has 0 aliphatic carbocycles. The number of fused-ring (bicyclic) bond motifs is 8. The van der Waals surface area contributed by atoms with E-state index in [4.69, 9.17) is 0 Å². The normalized spacial score (nSPS) is 11.7. The molecular formula is C56H37N3. The van der Waals surface area contributed by atoms with Gasteiger partial charge in [0.05, 0.1) is 33.4 Å². The molecule has 0 amide bonds. The van der Waals surface area contributed by atoms with Crippen LogP contribution in [-0.4, -0.2) is 9.13 Å². The Morgan fingerprint density at radius 1 is 0.288 bits per heavy atom. The van der Waals surface area contributed by atoms with Crippen LogP contribution in [0.4, 0.5) is 17.1 Å². The van der Waals surface area contributed by atoms with E-state index < -0.39 is 0 Å². The minimum Gasteiger partial charge on any atom is -0.309 e. The van der Waals surface area contributed by atoms with Gasteiger partial charge in [0.15, 0.2) is 0 Å². The van der Waals surface area contributed by atoms with E-state index in [1.807, 2.05) is 0 Å². The zero-order valence-corrected chi connectivity index (χ0v) is 32.2. The molecule has 12 rings (SSSR count). The SMILES string of the molecule is c1ccc(-n2c3ccccc3c3cc(-c4ccc(N(c5ccc(-n6c7ccccc7c7ccccc76)cc5)c5cccc6ccccc56)c5ccccc45)ccc32)cc1. The summed E-state index contributed by atoms with van der Waals surface area (Å²) in [6, 6.07) is 81.7. The molecule has 0 fully saturated rings. The highest BCUT2D eigenvalue weighted by molar-refractivity contribution is 6.13. The van der Waals surface area contributed by atoms with Crippen LogP contribution in [0.25, 0.3) is 87.7 Å². The lowest BCUT2D eigenvalue weighted by molar-refractivity contribution is 1.17. The van der Waals surface area contributed by atoms with Crippen LogP contribution < -0.4 is 4.90 Å². The number of benzene rings is 10. The van der Waals surface area contributed by atoms with E-state index in [1.165, 1.54) is 76.3 Å². The second-order valence-corrected chi connectivity index (χ2v) is 15.3. The summed E-state index contributed by atoms with van der Waals surface area (Å²) < 4.78 is 4.76. The number of para-hydroxylation sites is 4. The summed E-state index contributed by atoms with van der Waals surface area (Å²) in [5, 5.41) is 9.83. The summed E-state index contributed by atoms with van der Waals surface area (Å²) in [5.74, 6) is 0. The van der Waals surface area contributed by atoms with Gasteiger partial charge in [-0.15, -0.1) is 0 Å². The van der Waals surface area contributed by atoms with E-state index in [1.54, 1.807) is 0 Å². The Kier molecular flexibility index (Phi) is 7.54. The van der Waals surface area contributed by atoms with Gasteiger partial charge in [0.25, 0.3) is 0 Å². The van der Waals surface area contributed by atoms with Gasteiger partial charge in [0.2, 0.25) is 0 Å². The van der Waals surface area contributed by atoms with Crippen LogP contribution in [0, 0.1) is 0 Å². The molecule has 0 saturated heterocycles. The highest BCUT2D eigenvalue weighted by atomic mass is 15.1. The molecule has 0 unspecified atom stereocenters. The zero-order valence-electron chi connectivity index (χ0n) is 32.2. The molecule has 59 heavy (non-hydrogen) atoms. The van der Waals surface area contributed by atoms with Crippen LogP contribution >= 0.6 is 0 Å². The van der Waals surface area contributed by atoms with Crippen molar-refractivity contribution in [2.45, 2.75) is 0 Å². The summed E-state index contributed by atoms with van der Waals surface area (Å²) in [5.41, 5.74) is 12.9. The van der Waals surface area contributed by atoms with Crippen molar-refractivity contribution in [1.82, 2.24) is 9.13 Å². The third kappa shape index (κ3) is 5.22. The van der Waals surface area contributed by atoms with Crippen molar-refractivity contribution in [2.24, 2.45) is 0 Å². The fraction of sp³-hybridized carbons (Fsp3) is 0. The number of anilines is 3. The molecular weight excluding hydrogens is 715 g/mol. The quantitative estimate of drug-likeness (QED) is 0.165. The van der Waals surface area contributed by atoms with Crippen LogP contribution in [0.15, 0.2) is 224 Å². The van der Waals surface area contributed by atoms with Crippen molar-refractivity contribution in [1.29, 1.82) is 0 Å². The van der Waals surface area contributed by atoms with Crippen molar-refractivity contribution in [3.63, 3.8) is 0 Å². The fourth-order valence-electron chi connectivity index (χ4n) is 9.49. The number of nitrogens with zero attached hydrogens (tertiary/aromatic N) is 3. The minimum absolute atomic E-state index is 1.10. The summed E-state index contributed by atoms with van der Waals surface area (Å²) >= 11 is 0. The van der Waals surface area contributed by atoms with Crippen molar-refractivity contribution >= 4 is 82.2 Å². The van der Waals surface area contributed by atoms with Crippen LogP contribution in [0.5, 0.6) is 0 Å². The van der Waals surface area contributed by atoms with Gasteiger partial charge < -0.3 is 14.0 Å². The Morgan fingerprint density at radius 2 is 0.780 bits per heavy atom. The monoisotopic (exact) mass is 751 g/mol. The third-order valence-corrected chi connectivity index (χ3v) is 12.1. The third-order valence-electron chi connectivity index (χ3n) is 12.1. The van der Waals surface area contributed by atoms with E-state index >= 15 is 0 Å². The molecule has 0 saturated carbocycles. The first-order valence-electron chi connectivity index (χ1n) is 20.3. The van der Waals surface area contributed by atoms with Crippen LogP contribution in [0.2, 0.25) is 0 Å². The first-order chi connectivity index (χ1) is 29.3. The molecule has 3 nitrogen and oxygen atoms in total. The topological polar surface area (TPSA) is 13.1 Å². The van der Waals surface area contributed by atoms with Gasteiger partial charge in [-0.1, -0.05) is 146 Å². The molecule has 0 aliphatic rings. The number of rotatable bonds is 6. The molecule has 2 heterocycles. The molecule has 0 radical (unpaired) electrons. The lowest BCUT2D eigenvalue weighted by atomic mass is 9.95. The molecule has 0 bridgehead atoms. The predicted molar refractivity (Wildman–Crippen MR) is 250 cm³/mol. The Morgan fingerprint density at radius 3 is 1.46 bits per heavy atom. The van der Waals surface area contributed by atoms with Crippen LogP contribution in [0.3, 0.4) is 0 Å². The van der Waals surface area contributed by atoms with Crippen LogP contribution in [-0.2, 0) is 0 Å². The van der Waals surface area contributed by atoms with E-state index in [-0.39, 0.29) is 0 Å². The molecule has 276 valence electrons. The molecule has 0 aliphatic heterocycles. The zero-order chi connectivity index (χ0) is 38.9. The summed E-state index contributed by atoms with van der Waals surface area (Å²) in [6.07, 6.45) is 0. The van der Waals surface area contributed by atoms with E-state index in [2.05, 4.69) is 238 Å². The summed E-state index contributed by atoms with van der Waals surface area (Å²) in [6.45, 7) is 0. The largest absolute Gasteiger partial charge is 0.309 e. The van der Waals surface area contributed by atoms with Gasteiger partial charge in [-0.3, -0.25) is 0 Å². The van der Waals surface area contributed by atoms with Crippen LogP contribution in [0.1, 0.15) is 0 Å². The van der Waals surface area contributed by atoms with Crippen molar-refractivity contribution in [3.8, 4) is 22.5 Å². The smallest absolute Gasteiger partial charge is 0.0541 e. The molecule has 3 heteroatoms. The highest BCUT2D eigenvalue weighted by Gasteiger charge is 2.21. The molecule has 10 aromatic carbocycles. The lowest BCUT2D eigenvalue weighted by Crippen LogP contribution is -2.11. The van der Waals surface area contributed by atoms with Gasteiger partial charge in [0.1, 0.15) is 0 Å². The van der Waals surface area contributed by atoms with Gasteiger partial charge in [-0.25, -0.2) is 0 Å². The number of hydrogen-bond acceptors (Lipinski definition) is 1. The predicted octanol–water partition coefficient (Wildman–Crippen LogP) is 15.3. The average molecular weight is 752 g/mol. The van der Waals surface area contributed by atoms with Crippen molar-refractivity contribution in [3.05, 3.63) is 224 Å². The van der Waals surface area contributed by atoms with E-state index in [0.717, 1.165) is 28.4 Å². The van der Waals surface area contributed by atoms with Gasteiger partial charge in [-0.05, 0) is 101 Å². The Balaban J connectivity index is 1.04. The second-order valence-electron chi connectivity index (χ2n) is 15.3. The summed E-state index contributed by atoms with van der Waals surface area (Å²) in [7, 11) is 0. The maximum Gasteiger partial charge on any atom is 0.0541 e. The molecule has 0 N–H and O–H groups in total. The molecule has 2 aromatic heterocycles. The van der Waals surface area contributed by atoms with E-state index in [9.17, 15) is 0 Å².